The van der Waals surface area contributed by atoms with Gasteiger partial charge in [-0.15, -0.1) is 0 Å². The van der Waals surface area contributed by atoms with Gasteiger partial charge in [0.25, 0.3) is 11.7 Å². The van der Waals surface area contributed by atoms with Gasteiger partial charge in [0, 0.05) is 17.1 Å². The van der Waals surface area contributed by atoms with Crippen molar-refractivity contribution in [1.29, 1.82) is 0 Å². The summed E-state index contributed by atoms with van der Waals surface area (Å²) in [4.78, 5) is 26.1. The highest BCUT2D eigenvalue weighted by molar-refractivity contribution is 6.46. The van der Waals surface area contributed by atoms with Crippen molar-refractivity contribution in [3.63, 3.8) is 0 Å². The van der Waals surface area contributed by atoms with E-state index < -0.39 is 23.5 Å². The first-order valence-electron chi connectivity index (χ1n) is 7.84. The van der Waals surface area contributed by atoms with Crippen LogP contribution in [-0.2, 0) is 9.59 Å². The van der Waals surface area contributed by atoms with E-state index in [1.54, 1.807) is 12.1 Å². The number of carbonyl (C=O) groups is 2. The van der Waals surface area contributed by atoms with E-state index in [0.717, 1.165) is 4.90 Å². The van der Waals surface area contributed by atoms with Gasteiger partial charge in [-0.1, -0.05) is 23.7 Å². The number of nitrogens with zero attached hydrogens (tertiary/aromatic N) is 1. The molecule has 1 saturated heterocycles. The molecule has 134 valence electrons. The summed E-state index contributed by atoms with van der Waals surface area (Å²) in [7, 11) is 0. The average molecular weight is 376 g/mol. The summed E-state index contributed by atoms with van der Waals surface area (Å²) >= 11 is 5.84. The molecule has 1 aliphatic rings. The maximum absolute atomic E-state index is 13.3. The van der Waals surface area contributed by atoms with E-state index >= 15 is 0 Å². The number of hydrogen-bond acceptors (Lipinski definition) is 4. The number of β-amino-alcohol motifs (C(OH)–C–C–N with tert-alkyl or cyclic N) is 1. The molecule has 26 heavy (non-hydrogen) atoms. The zero-order valence-electron chi connectivity index (χ0n) is 13.5. The molecule has 2 aromatic carbocycles. The average Bonchev–Trinajstić information content (AvgIpc) is 2.88. The summed E-state index contributed by atoms with van der Waals surface area (Å²) in [5.41, 5.74) is 0.662. The van der Waals surface area contributed by atoms with Crippen molar-refractivity contribution < 1.29 is 24.2 Å². The van der Waals surface area contributed by atoms with Crippen molar-refractivity contribution in [1.82, 2.24) is 4.90 Å². The van der Waals surface area contributed by atoms with Crippen molar-refractivity contribution >= 4 is 29.1 Å². The van der Waals surface area contributed by atoms with Crippen LogP contribution in [0.4, 0.5) is 4.39 Å². The minimum atomic E-state index is -0.918. The number of amides is 1. The number of ketones is 1. The highest BCUT2D eigenvalue weighted by Crippen LogP contribution is 2.39. The number of halogens is 2. The fourth-order valence-corrected chi connectivity index (χ4v) is 3.10. The van der Waals surface area contributed by atoms with Crippen LogP contribution < -0.4 is 0 Å². The lowest BCUT2D eigenvalue weighted by Crippen LogP contribution is -2.32. The maximum Gasteiger partial charge on any atom is 0.295 e. The Hall–Kier alpha value is -2.70. The Bertz CT molecular complexity index is 877. The first kappa shape index (κ1) is 18.1. The molecule has 2 aromatic rings. The highest BCUT2D eigenvalue weighted by atomic mass is 35.5. The number of Topliss-reactive ketones (excluding diaryl/α,β-unsaturated/α-hetero) is 1. The van der Waals surface area contributed by atoms with Gasteiger partial charge in [0.05, 0.1) is 18.2 Å². The van der Waals surface area contributed by atoms with Crippen LogP contribution in [0.25, 0.3) is 5.76 Å². The zero-order valence-corrected chi connectivity index (χ0v) is 14.3. The second kappa shape index (κ2) is 7.27. The van der Waals surface area contributed by atoms with Gasteiger partial charge >= 0.3 is 0 Å². The Labute approximate surface area is 153 Å². The van der Waals surface area contributed by atoms with Crippen molar-refractivity contribution in [3.05, 3.63) is 76.1 Å². The summed E-state index contributed by atoms with van der Waals surface area (Å²) in [5, 5.41) is 20.4. The minimum absolute atomic E-state index is 0.0932. The minimum Gasteiger partial charge on any atom is -0.507 e. The molecule has 5 nitrogen and oxygen atoms in total. The molecule has 1 aliphatic heterocycles. The smallest absolute Gasteiger partial charge is 0.295 e. The molecule has 1 atom stereocenters. The van der Waals surface area contributed by atoms with Crippen LogP contribution in [0, 0.1) is 5.82 Å². The normalized spacial score (nSPS) is 19.2. The van der Waals surface area contributed by atoms with Gasteiger partial charge in [-0.05, 0) is 42.0 Å². The fraction of sp³-hybridized carbons (Fsp3) is 0.158. The molecule has 1 heterocycles. The largest absolute Gasteiger partial charge is 0.507 e. The Morgan fingerprint density at radius 2 is 1.69 bits per heavy atom. The van der Waals surface area contributed by atoms with Crippen molar-refractivity contribution in [2.45, 2.75) is 6.04 Å². The van der Waals surface area contributed by atoms with Gasteiger partial charge in [-0.3, -0.25) is 9.59 Å². The van der Waals surface area contributed by atoms with Crippen LogP contribution in [0.2, 0.25) is 5.02 Å². The number of aliphatic hydroxyl groups excluding tert-OH is 2. The lowest BCUT2D eigenvalue weighted by atomic mass is 9.95. The predicted molar refractivity (Wildman–Crippen MR) is 93.9 cm³/mol. The number of benzene rings is 2. The SMILES string of the molecule is O=C1C(=O)N(CCO)C(c2ccc(F)cc2)/C1=C(/O)c1ccc(Cl)cc1. The van der Waals surface area contributed by atoms with Gasteiger partial charge in [0.1, 0.15) is 11.6 Å². The Morgan fingerprint density at radius 3 is 2.27 bits per heavy atom. The molecule has 1 fully saturated rings. The molecule has 0 radical (unpaired) electrons. The third kappa shape index (κ3) is 3.21. The van der Waals surface area contributed by atoms with Gasteiger partial charge in [0.15, 0.2) is 0 Å². The molecular weight excluding hydrogens is 361 g/mol. The lowest BCUT2D eigenvalue weighted by molar-refractivity contribution is -0.140. The maximum atomic E-state index is 13.3. The number of rotatable bonds is 4. The van der Waals surface area contributed by atoms with E-state index in [0.29, 0.717) is 16.1 Å². The summed E-state index contributed by atoms with van der Waals surface area (Å²) < 4.78 is 13.3. The molecule has 2 N–H and O–H groups in total. The molecule has 1 unspecified atom stereocenters. The summed E-state index contributed by atoms with van der Waals surface area (Å²) in [6, 6.07) is 10.5. The third-order valence-electron chi connectivity index (χ3n) is 4.18. The van der Waals surface area contributed by atoms with Crippen LogP contribution in [0.5, 0.6) is 0 Å². The summed E-state index contributed by atoms with van der Waals surface area (Å²) in [5.74, 6) is -2.51. The van der Waals surface area contributed by atoms with Crippen LogP contribution in [0.1, 0.15) is 17.2 Å². The number of hydrogen-bond donors (Lipinski definition) is 2. The number of likely N-dealkylation sites (tertiary alicyclic amines) is 1. The second-order valence-electron chi connectivity index (χ2n) is 5.77. The molecule has 0 aliphatic carbocycles. The van der Waals surface area contributed by atoms with Crippen molar-refractivity contribution in [3.8, 4) is 0 Å². The van der Waals surface area contributed by atoms with Crippen molar-refractivity contribution in [2.75, 3.05) is 13.2 Å². The molecule has 0 saturated carbocycles. The van der Waals surface area contributed by atoms with E-state index in [-0.39, 0.29) is 24.5 Å². The third-order valence-corrected chi connectivity index (χ3v) is 4.44. The van der Waals surface area contributed by atoms with Crippen LogP contribution in [0.3, 0.4) is 0 Å². The van der Waals surface area contributed by atoms with Crippen LogP contribution in [0.15, 0.2) is 54.1 Å². The van der Waals surface area contributed by atoms with E-state index in [1.807, 2.05) is 0 Å². The highest BCUT2D eigenvalue weighted by Gasteiger charge is 2.45. The van der Waals surface area contributed by atoms with E-state index in [4.69, 9.17) is 11.6 Å². The van der Waals surface area contributed by atoms with Crippen LogP contribution in [-0.4, -0.2) is 40.0 Å². The van der Waals surface area contributed by atoms with E-state index in [1.165, 1.54) is 36.4 Å². The Balaban J connectivity index is 2.17. The Morgan fingerprint density at radius 1 is 1.08 bits per heavy atom. The standard InChI is InChI=1S/C19H15ClFNO4/c20-13-5-1-12(2-6-13)17(24)15-16(11-3-7-14(21)8-4-11)22(9-10-23)19(26)18(15)25/h1-8,16,23-24H,9-10H2/b17-15-. The van der Waals surface area contributed by atoms with Gasteiger partial charge in [-0.25, -0.2) is 4.39 Å². The summed E-state index contributed by atoms with van der Waals surface area (Å²) in [6.45, 7) is -0.449. The van der Waals surface area contributed by atoms with E-state index in [9.17, 15) is 24.2 Å². The molecular formula is C19H15ClFNO4. The summed E-state index contributed by atoms with van der Waals surface area (Å²) in [6.07, 6.45) is 0. The van der Waals surface area contributed by atoms with E-state index in [2.05, 4.69) is 0 Å². The molecule has 1 amide bonds. The predicted octanol–water partition coefficient (Wildman–Crippen LogP) is 2.89. The van der Waals surface area contributed by atoms with Gasteiger partial charge < -0.3 is 15.1 Å². The molecule has 0 aromatic heterocycles. The van der Waals surface area contributed by atoms with Gasteiger partial charge in [0.2, 0.25) is 0 Å². The molecule has 7 heteroatoms. The molecule has 3 rings (SSSR count). The number of carbonyl (C=O) groups excluding carboxylic acids is 2. The molecule has 0 bridgehead atoms. The second-order valence-corrected chi connectivity index (χ2v) is 6.21. The number of aliphatic hydroxyl groups is 2. The first-order chi connectivity index (χ1) is 12.4. The topological polar surface area (TPSA) is 77.8 Å². The zero-order chi connectivity index (χ0) is 18.8. The first-order valence-corrected chi connectivity index (χ1v) is 8.22. The molecule has 0 spiro atoms. The monoisotopic (exact) mass is 375 g/mol. The Kier molecular flexibility index (Phi) is 5.06. The lowest BCUT2D eigenvalue weighted by Gasteiger charge is -2.24. The fourth-order valence-electron chi connectivity index (χ4n) is 2.97. The van der Waals surface area contributed by atoms with Crippen molar-refractivity contribution in [2.24, 2.45) is 0 Å². The van der Waals surface area contributed by atoms with Gasteiger partial charge in [-0.2, -0.15) is 0 Å². The quantitative estimate of drug-likeness (QED) is 0.489. The van der Waals surface area contributed by atoms with Crippen LogP contribution >= 0.6 is 11.6 Å².